The first-order valence-corrected chi connectivity index (χ1v) is 10.9. The van der Waals surface area contributed by atoms with Crippen molar-refractivity contribution in [3.8, 4) is 29.2 Å². The number of fused-ring (bicyclic) bond motifs is 1. The first-order chi connectivity index (χ1) is 17.1. The number of nitrogens with zero attached hydrogens (tertiary/aromatic N) is 2. The molecule has 8 nitrogen and oxygen atoms in total. The average Bonchev–Trinajstić information content (AvgIpc) is 2.83. The maximum absolute atomic E-state index is 13.4. The fourth-order valence-corrected chi connectivity index (χ4v) is 3.32. The van der Waals surface area contributed by atoms with Gasteiger partial charge in [-0.2, -0.15) is 18.2 Å². The van der Waals surface area contributed by atoms with Crippen LogP contribution in [0.3, 0.4) is 0 Å². The van der Waals surface area contributed by atoms with Crippen LogP contribution in [0, 0.1) is 11.8 Å². The number of hydrogen-bond donors (Lipinski definition) is 3. The number of amides is 1. The maximum Gasteiger partial charge on any atom is 0.416 e. The zero-order chi connectivity index (χ0) is 25.9. The van der Waals surface area contributed by atoms with E-state index in [2.05, 4.69) is 32.4 Å². The van der Waals surface area contributed by atoms with Gasteiger partial charge in [-0.05, 0) is 43.3 Å². The average molecular weight is 519 g/mol. The number of nitrogens with one attached hydrogen (secondary N) is 2. The SMILES string of the molecule is CC(O)C#Cc1cc(NC(=O)c2ccc(Cl)c(Oc3ncnc4c3OCCN4)c2)cc(C(F)(F)F)c1. The van der Waals surface area contributed by atoms with Crippen LogP contribution in [0.25, 0.3) is 0 Å². The van der Waals surface area contributed by atoms with Crippen LogP contribution in [0.4, 0.5) is 24.7 Å². The molecule has 0 aliphatic carbocycles. The third-order valence-electron chi connectivity index (χ3n) is 4.76. The van der Waals surface area contributed by atoms with Crippen LogP contribution in [-0.4, -0.2) is 40.2 Å². The summed E-state index contributed by atoms with van der Waals surface area (Å²) in [5.74, 6) is 5.00. The summed E-state index contributed by atoms with van der Waals surface area (Å²) in [6, 6.07) is 7.01. The van der Waals surface area contributed by atoms with Gasteiger partial charge in [-0.15, -0.1) is 0 Å². The Morgan fingerprint density at radius 3 is 2.83 bits per heavy atom. The minimum Gasteiger partial charge on any atom is -0.483 e. The van der Waals surface area contributed by atoms with Crippen LogP contribution < -0.4 is 20.1 Å². The summed E-state index contributed by atoms with van der Waals surface area (Å²) in [7, 11) is 0. The van der Waals surface area contributed by atoms with Crippen LogP contribution in [0.2, 0.25) is 5.02 Å². The lowest BCUT2D eigenvalue weighted by Crippen LogP contribution is -2.19. The molecule has 2 heterocycles. The summed E-state index contributed by atoms with van der Waals surface area (Å²) >= 11 is 6.23. The second-order valence-electron chi connectivity index (χ2n) is 7.58. The molecule has 3 N–H and O–H groups in total. The van der Waals surface area contributed by atoms with E-state index in [4.69, 9.17) is 21.1 Å². The van der Waals surface area contributed by atoms with Gasteiger partial charge in [0.15, 0.2) is 5.82 Å². The van der Waals surface area contributed by atoms with Crippen molar-refractivity contribution in [1.82, 2.24) is 9.97 Å². The molecule has 2 aromatic carbocycles. The molecule has 1 aliphatic heterocycles. The van der Waals surface area contributed by atoms with Gasteiger partial charge in [0, 0.05) is 16.8 Å². The van der Waals surface area contributed by atoms with Crippen molar-refractivity contribution >= 4 is 29.0 Å². The van der Waals surface area contributed by atoms with E-state index in [9.17, 15) is 23.1 Å². The molecule has 1 aromatic heterocycles. The van der Waals surface area contributed by atoms with E-state index in [1.54, 1.807) is 0 Å². The van der Waals surface area contributed by atoms with E-state index in [0.717, 1.165) is 12.1 Å². The highest BCUT2D eigenvalue weighted by molar-refractivity contribution is 6.32. The Morgan fingerprint density at radius 2 is 2.08 bits per heavy atom. The number of hydrogen-bond acceptors (Lipinski definition) is 7. The van der Waals surface area contributed by atoms with Gasteiger partial charge >= 0.3 is 6.18 Å². The van der Waals surface area contributed by atoms with Gasteiger partial charge in [0.2, 0.25) is 5.75 Å². The van der Waals surface area contributed by atoms with Crippen molar-refractivity contribution in [2.45, 2.75) is 19.2 Å². The number of carbonyl (C=O) groups is 1. The number of rotatable bonds is 4. The van der Waals surface area contributed by atoms with Crippen molar-refractivity contribution in [2.75, 3.05) is 23.8 Å². The predicted molar refractivity (Wildman–Crippen MR) is 125 cm³/mol. The van der Waals surface area contributed by atoms with E-state index in [1.807, 2.05) is 0 Å². The van der Waals surface area contributed by atoms with Gasteiger partial charge in [-0.1, -0.05) is 23.4 Å². The molecule has 1 amide bonds. The number of halogens is 4. The van der Waals surface area contributed by atoms with Crippen LogP contribution in [0.1, 0.15) is 28.4 Å². The molecule has 0 bridgehead atoms. The number of aliphatic hydroxyl groups is 1. The Kier molecular flexibility index (Phi) is 7.19. The highest BCUT2D eigenvalue weighted by atomic mass is 35.5. The van der Waals surface area contributed by atoms with E-state index in [1.165, 1.54) is 37.5 Å². The van der Waals surface area contributed by atoms with Gasteiger partial charge in [-0.25, -0.2) is 4.98 Å². The third kappa shape index (κ3) is 5.97. The van der Waals surface area contributed by atoms with Gasteiger partial charge in [0.1, 0.15) is 24.8 Å². The van der Waals surface area contributed by atoms with Crippen LogP contribution in [-0.2, 0) is 6.18 Å². The molecule has 0 spiro atoms. The fourth-order valence-electron chi connectivity index (χ4n) is 3.16. The molecular formula is C24H18ClF3N4O4. The van der Waals surface area contributed by atoms with Crippen molar-refractivity contribution in [3.05, 3.63) is 64.4 Å². The molecule has 1 aliphatic rings. The maximum atomic E-state index is 13.4. The standard InChI is InChI=1S/C24H18ClF3N4O4/c1-13(33)2-3-14-8-16(24(26,27)28)11-17(9-14)32-22(34)15-4-5-18(25)19(10-15)36-23-20-21(30-12-31-23)29-6-7-35-20/h4-5,8-13,33H,6-7H2,1H3,(H,32,34)(H,29,30,31). The van der Waals surface area contributed by atoms with E-state index in [-0.39, 0.29) is 39.2 Å². The number of aromatic nitrogens is 2. The molecule has 1 atom stereocenters. The summed E-state index contributed by atoms with van der Waals surface area (Å²) in [4.78, 5) is 21.0. The van der Waals surface area contributed by atoms with Crippen molar-refractivity contribution in [1.29, 1.82) is 0 Å². The van der Waals surface area contributed by atoms with Gasteiger partial charge in [-0.3, -0.25) is 4.79 Å². The quantitative estimate of drug-likeness (QED) is 0.429. The molecule has 0 saturated carbocycles. The summed E-state index contributed by atoms with van der Waals surface area (Å²) in [5.41, 5.74) is -1.10. The fraction of sp³-hybridized carbons (Fsp3) is 0.208. The highest BCUT2D eigenvalue weighted by Crippen LogP contribution is 2.38. The molecule has 0 saturated heterocycles. The Balaban J connectivity index is 1.61. The van der Waals surface area contributed by atoms with E-state index < -0.39 is 23.8 Å². The lowest BCUT2D eigenvalue weighted by molar-refractivity contribution is -0.137. The molecule has 0 radical (unpaired) electrons. The molecule has 4 rings (SSSR count). The Bertz CT molecular complexity index is 1370. The number of alkyl halides is 3. The lowest BCUT2D eigenvalue weighted by Gasteiger charge is -2.19. The lowest BCUT2D eigenvalue weighted by atomic mass is 10.1. The van der Waals surface area contributed by atoms with E-state index >= 15 is 0 Å². The molecule has 36 heavy (non-hydrogen) atoms. The van der Waals surface area contributed by atoms with Crippen molar-refractivity contribution in [3.63, 3.8) is 0 Å². The Morgan fingerprint density at radius 1 is 1.28 bits per heavy atom. The van der Waals surface area contributed by atoms with Gasteiger partial charge in [0.25, 0.3) is 11.8 Å². The van der Waals surface area contributed by atoms with Crippen molar-refractivity contribution < 1.29 is 32.5 Å². The Hall–Kier alpha value is -4.01. The summed E-state index contributed by atoms with van der Waals surface area (Å²) < 4.78 is 51.4. The first kappa shape index (κ1) is 25.1. The second-order valence-corrected chi connectivity index (χ2v) is 7.98. The predicted octanol–water partition coefficient (Wildman–Crippen LogP) is 4.73. The molecule has 3 aromatic rings. The topological polar surface area (TPSA) is 106 Å². The molecule has 0 fully saturated rings. The first-order valence-electron chi connectivity index (χ1n) is 10.5. The zero-order valence-electron chi connectivity index (χ0n) is 18.6. The largest absolute Gasteiger partial charge is 0.483 e. The van der Waals surface area contributed by atoms with E-state index in [0.29, 0.717) is 19.0 Å². The summed E-state index contributed by atoms with van der Waals surface area (Å²) in [6.45, 7) is 2.30. The number of ether oxygens (including phenoxy) is 2. The van der Waals surface area contributed by atoms with Crippen LogP contribution in [0.15, 0.2) is 42.7 Å². The smallest absolute Gasteiger partial charge is 0.416 e. The van der Waals surface area contributed by atoms with Crippen LogP contribution in [0.5, 0.6) is 17.4 Å². The highest BCUT2D eigenvalue weighted by Gasteiger charge is 2.31. The Labute approximate surface area is 208 Å². The molecule has 186 valence electrons. The molecule has 1 unspecified atom stereocenters. The number of aliphatic hydroxyl groups excluding tert-OH is 1. The normalized spacial score (nSPS) is 13.3. The minimum absolute atomic E-state index is 0.0247. The monoisotopic (exact) mass is 518 g/mol. The zero-order valence-corrected chi connectivity index (χ0v) is 19.4. The number of carbonyl (C=O) groups excluding carboxylic acids is 1. The molecule has 12 heteroatoms. The molecular weight excluding hydrogens is 501 g/mol. The number of anilines is 2. The van der Waals surface area contributed by atoms with Gasteiger partial charge < -0.3 is 25.2 Å². The summed E-state index contributed by atoms with van der Waals surface area (Å²) in [5, 5.41) is 15.0. The van der Waals surface area contributed by atoms with Crippen LogP contribution >= 0.6 is 11.6 Å². The van der Waals surface area contributed by atoms with Crippen molar-refractivity contribution in [2.24, 2.45) is 0 Å². The van der Waals surface area contributed by atoms with Gasteiger partial charge in [0.05, 0.1) is 17.1 Å². The number of benzene rings is 2. The minimum atomic E-state index is -4.67. The third-order valence-corrected chi connectivity index (χ3v) is 5.07. The summed E-state index contributed by atoms with van der Waals surface area (Å²) in [6.07, 6.45) is -4.44. The second kappa shape index (κ2) is 10.3.